The normalized spacial score (nSPS) is 14.3. The molecule has 0 radical (unpaired) electrons. The van der Waals surface area contributed by atoms with Crippen molar-refractivity contribution in [3.05, 3.63) is 53.9 Å². The number of likely N-dealkylation sites (tertiary alicyclic amines) is 1. The number of benzene rings is 1. The molecule has 0 spiro atoms. The minimum Gasteiger partial charge on any atom is -0.493 e. The van der Waals surface area contributed by atoms with Crippen LogP contribution < -0.4 is 14.8 Å². The van der Waals surface area contributed by atoms with Gasteiger partial charge in [0.2, 0.25) is 5.91 Å². The van der Waals surface area contributed by atoms with E-state index < -0.39 is 0 Å². The van der Waals surface area contributed by atoms with Gasteiger partial charge in [0.25, 0.3) is 5.91 Å². The Hall–Kier alpha value is -3.09. The molecule has 1 N–H and O–H groups in total. The summed E-state index contributed by atoms with van der Waals surface area (Å²) in [4.78, 5) is 30.6. The molecule has 7 nitrogen and oxygen atoms in total. The van der Waals surface area contributed by atoms with Crippen molar-refractivity contribution >= 4 is 11.8 Å². The van der Waals surface area contributed by atoms with Crippen LogP contribution in [0.2, 0.25) is 0 Å². The van der Waals surface area contributed by atoms with Gasteiger partial charge < -0.3 is 19.7 Å². The molecule has 0 unspecified atom stereocenters. The first-order valence-corrected chi connectivity index (χ1v) is 9.80. The molecule has 0 aliphatic carbocycles. The van der Waals surface area contributed by atoms with Crippen molar-refractivity contribution in [2.24, 2.45) is 0 Å². The zero-order chi connectivity index (χ0) is 20.6. The Morgan fingerprint density at radius 1 is 1.07 bits per heavy atom. The lowest BCUT2D eigenvalue weighted by atomic mass is 10.0. The predicted molar refractivity (Wildman–Crippen MR) is 109 cm³/mol. The van der Waals surface area contributed by atoms with E-state index in [4.69, 9.17) is 9.47 Å². The van der Waals surface area contributed by atoms with Gasteiger partial charge in [0, 0.05) is 43.5 Å². The van der Waals surface area contributed by atoms with Gasteiger partial charge in [0.1, 0.15) is 0 Å². The number of ether oxygens (including phenoxy) is 2. The van der Waals surface area contributed by atoms with Gasteiger partial charge in [-0.2, -0.15) is 0 Å². The third kappa shape index (κ3) is 5.47. The molecule has 1 saturated heterocycles. The number of carbonyl (C=O) groups is 2. The lowest BCUT2D eigenvalue weighted by Crippen LogP contribution is -2.46. The van der Waals surface area contributed by atoms with Gasteiger partial charge >= 0.3 is 0 Å². The van der Waals surface area contributed by atoms with E-state index in [0.717, 1.165) is 18.4 Å². The highest BCUT2D eigenvalue weighted by molar-refractivity contribution is 5.94. The number of hydrogen-bond donors (Lipinski definition) is 1. The van der Waals surface area contributed by atoms with Crippen molar-refractivity contribution in [3.63, 3.8) is 0 Å². The minimum absolute atomic E-state index is 0.0191. The van der Waals surface area contributed by atoms with E-state index in [-0.39, 0.29) is 17.9 Å². The zero-order valence-electron chi connectivity index (χ0n) is 16.9. The summed E-state index contributed by atoms with van der Waals surface area (Å²) in [6, 6.07) is 9.25. The van der Waals surface area contributed by atoms with Crippen molar-refractivity contribution < 1.29 is 19.1 Å². The lowest BCUT2D eigenvalue weighted by Gasteiger charge is -2.32. The maximum atomic E-state index is 12.5. The molecule has 0 bridgehead atoms. The lowest BCUT2D eigenvalue weighted by molar-refractivity contribution is -0.122. The summed E-state index contributed by atoms with van der Waals surface area (Å²) in [5.41, 5.74) is 1.67. The van der Waals surface area contributed by atoms with E-state index in [1.54, 1.807) is 38.7 Å². The molecule has 3 rings (SSSR count). The second-order valence-electron chi connectivity index (χ2n) is 7.06. The highest BCUT2D eigenvalue weighted by atomic mass is 16.5. The first kappa shape index (κ1) is 20.6. The molecule has 154 valence electrons. The molecular formula is C22H27N3O4. The van der Waals surface area contributed by atoms with E-state index in [1.807, 2.05) is 23.1 Å². The number of nitrogens with one attached hydrogen (secondary N) is 1. The fourth-order valence-corrected chi connectivity index (χ4v) is 3.50. The Labute approximate surface area is 171 Å². The van der Waals surface area contributed by atoms with Gasteiger partial charge in [-0.05, 0) is 49.1 Å². The molecule has 1 fully saturated rings. The van der Waals surface area contributed by atoms with Crippen LogP contribution >= 0.6 is 0 Å². The SMILES string of the molecule is COc1ccc(CCC(=O)NC2CCN(C(=O)c3ccncc3)CC2)cc1OC. The number of amides is 2. The molecule has 2 amide bonds. The van der Waals surface area contributed by atoms with E-state index in [9.17, 15) is 9.59 Å². The van der Waals surface area contributed by atoms with E-state index in [1.165, 1.54) is 0 Å². The van der Waals surface area contributed by atoms with E-state index in [2.05, 4.69) is 10.3 Å². The van der Waals surface area contributed by atoms with Gasteiger partial charge in [-0.25, -0.2) is 0 Å². The summed E-state index contributed by atoms with van der Waals surface area (Å²) in [5.74, 6) is 1.38. The Morgan fingerprint density at radius 3 is 2.41 bits per heavy atom. The highest BCUT2D eigenvalue weighted by Crippen LogP contribution is 2.28. The van der Waals surface area contributed by atoms with E-state index in [0.29, 0.717) is 43.0 Å². The summed E-state index contributed by atoms with van der Waals surface area (Å²) >= 11 is 0. The Morgan fingerprint density at radius 2 is 1.76 bits per heavy atom. The molecule has 1 aromatic carbocycles. The molecular weight excluding hydrogens is 370 g/mol. The number of carbonyl (C=O) groups excluding carboxylic acids is 2. The molecule has 1 aliphatic rings. The van der Waals surface area contributed by atoms with E-state index >= 15 is 0 Å². The molecule has 29 heavy (non-hydrogen) atoms. The van der Waals surface area contributed by atoms with Gasteiger partial charge in [-0.3, -0.25) is 14.6 Å². The number of aryl methyl sites for hydroxylation is 1. The Bertz CT molecular complexity index is 833. The first-order valence-electron chi connectivity index (χ1n) is 9.80. The van der Waals surface area contributed by atoms with Crippen LogP contribution in [0.4, 0.5) is 0 Å². The topological polar surface area (TPSA) is 80.8 Å². The molecule has 0 atom stereocenters. The van der Waals surface area contributed by atoms with Crippen LogP contribution in [-0.4, -0.2) is 55.0 Å². The fraction of sp³-hybridized carbons (Fsp3) is 0.409. The number of rotatable bonds is 7. The van der Waals surface area contributed by atoms with Crippen molar-refractivity contribution in [2.45, 2.75) is 31.7 Å². The largest absolute Gasteiger partial charge is 0.493 e. The standard InChI is InChI=1S/C22H27N3O4/c1-28-19-5-3-16(15-20(19)29-2)4-6-21(26)24-18-9-13-25(14-10-18)22(27)17-7-11-23-12-8-17/h3,5,7-8,11-12,15,18H,4,6,9-10,13-14H2,1-2H3,(H,24,26). The van der Waals surface area contributed by atoms with Crippen LogP contribution in [0.5, 0.6) is 11.5 Å². The monoisotopic (exact) mass is 397 g/mol. The van der Waals surface area contributed by atoms with Gasteiger partial charge in [0.15, 0.2) is 11.5 Å². The number of methoxy groups -OCH3 is 2. The third-order valence-corrected chi connectivity index (χ3v) is 5.16. The maximum Gasteiger partial charge on any atom is 0.253 e. The third-order valence-electron chi connectivity index (χ3n) is 5.16. The highest BCUT2D eigenvalue weighted by Gasteiger charge is 2.24. The smallest absolute Gasteiger partial charge is 0.253 e. The first-order chi connectivity index (χ1) is 14.1. The Kier molecular flexibility index (Phi) is 7.05. The predicted octanol–water partition coefficient (Wildman–Crippen LogP) is 2.45. The molecule has 2 heterocycles. The van der Waals surface area contributed by atoms with Crippen molar-refractivity contribution in [2.75, 3.05) is 27.3 Å². The summed E-state index contributed by atoms with van der Waals surface area (Å²) in [5, 5.41) is 3.10. The zero-order valence-corrected chi connectivity index (χ0v) is 16.9. The molecule has 1 aliphatic heterocycles. The van der Waals surface area contributed by atoms with Crippen LogP contribution in [0.25, 0.3) is 0 Å². The molecule has 7 heteroatoms. The van der Waals surface area contributed by atoms with Crippen molar-refractivity contribution in [3.8, 4) is 11.5 Å². The second kappa shape index (κ2) is 9.91. The van der Waals surface area contributed by atoms with Crippen LogP contribution in [-0.2, 0) is 11.2 Å². The quantitative estimate of drug-likeness (QED) is 0.776. The van der Waals surface area contributed by atoms with Crippen LogP contribution in [0, 0.1) is 0 Å². The van der Waals surface area contributed by atoms with Gasteiger partial charge in [-0.15, -0.1) is 0 Å². The number of hydrogen-bond acceptors (Lipinski definition) is 5. The van der Waals surface area contributed by atoms with Crippen molar-refractivity contribution in [1.29, 1.82) is 0 Å². The fourth-order valence-electron chi connectivity index (χ4n) is 3.50. The molecule has 0 saturated carbocycles. The summed E-state index contributed by atoms with van der Waals surface area (Å²) in [6.07, 6.45) is 5.81. The van der Waals surface area contributed by atoms with Crippen LogP contribution in [0.3, 0.4) is 0 Å². The average Bonchev–Trinajstić information content (AvgIpc) is 2.78. The van der Waals surface area contributed by atoms with Crippen LogP contribution in [0.1, 0.15) is 35.2 Å². The number of piperidine rings is 1. The molecule has 2 aromatic rings. The Balaban J connectivity index is 1.43. The van der Waals surface area contributed by atoms with Crippen molar-refractivity contribution in [1.82, 2.24) is 15.2 Å². The summed E-state index contributed by atoms with van der Waals surface area (Å²) in [7, 11) is 3.20. The number of pyridine rings is 1. The number of aromatic nitrogens is 1. The number of nitrogens with zero attached hydrogens (tertiary/aromatic N) is 2. The minimum atomic E-state index is 0.0191. The van der Waals surface area contributed by atoms with Gasteiger partial charge in [0.05, 0.1) is 14.2 Å². The van der Waals surface area contributed by atoms with Gasteiger partial charge in [-0.1, -0.05) is 6.07 Å². The molecule has 1 aromatic heterocycles. The van der Waals surface area contributed by atoms with Crippen LogP contribution in [0.15, 0.2) is 42.7 Å². The average molecular weight is 397 g/mol. The maximum absolute atomic E-state index is 12.5. The summed E-state index contributed by atoms with van der Waals surface area (Å²) in [6.45, 7) is 1.28. The summed E-state index contributed by atoms with van der Waals surface area (Å²) < 4.78 is 10.5. The second-order valence-corrected chi connectivity index (χ2v) is 7.06.